The van der Waals surface area contributed by atoms with Crippen molar-refractivity contribution in [3.63, 3.8) is 0 Å². The largest absolute Gasteiger partial charge is 0.344 e. The van der Waals surface area contributed by atoms with E-state index in [4.69, 9.17) is 0 Å². The quantitative estimate of drug-likeness (QED) is 0.831. The lowest BCUT2D eigenvalue weighted by Gasteiger charge is -2.27. The monoisotopic (exact) mass is 260 g/mol. The fourth-order valence-corrected chi connectivity index (χ4v) is 2.58. The maximum absolute atomic E-state index is 11.7. The van der Waals surface area contributed by atoms with Gasteiger partial charge in [-0.05, 0) is 25.8 Å². The van der Waals surface area contributed by atoms with E-state index in [2.05, 4.69) is 43.0 Å². The number of likely N-dealkylation sites (N-methyl/N-ethyl adjacent to an activating group) is 1. The van der Waals surface area contributed by atoms with Gasteiger partial charge in [-0.15, -0.1) is 0 Å². The van der Waals surface area contributed by atoms with Gasteiger partial charge >= 0.3 is 0 Å². The first kappa shape index (κ1) is 14.1. The first-order valence-corrected chi connectivity index (χ1v) is 7.10. The molecule has 0 aromatic heterocycles. The summed E-state index contributed by atoms with van der Waals surface area (Å²) in [6.45, 7) is 7.08. The summed E-state index contributed by atoms with van der Waals surface area (Å²) in [6.07, 6.45) is 1.70. The Morgan fingerprint density at radius 1 is 1.16 bits per heavy atom. The zero-order chi connectivity index (χ0) is 13.8. The SMILES string of the molecule is Cc1ccc(CC(C)N2CCC(=O)N(C)CC2)cc1. The Bertz CT molecular complexity index is 427. The second-order valence-corrected chi connectivity index (χ2v) is 5.64. The molecule has 1 amide bonds. The molecule has 0 spiro atoms. The normalized spacial score (nSPS) is 19.3. The van der Waals surface area contributed by atoms with Crippen LogP contribution in [0.3, 0.4) is 0 Å². The summed E-state index contributed by atoms with van der Waals surface area (Å²) in [7, 11) is 1.90. The van der Waals surface area contributed by atoms with Crippen molar-refractivity contribution in [2.45, 2.75) is 32.7 Å². The molecule has 1 heterocycles. The average molecular weight is 260 g/mol. The highest BCUT2D eigenvalue weighted by Crippen LogP contribution is 2.12. The van der Waals surface area contributed by atoms with Gasteiger partial charge in [0.1, 0.15) is 0 Å². The number of aryl methyl sites for hydroxylation is 1. The van der Waals surface area contributed by atoms with E-state index in [-0.39, 0.29) is 5.91 Å². The molecule has 0 aliphatic carbocycles. The lowest BCUT2D eigenvalue weighted by molar-refractivity contribution is -0.129. The molecule has 1 atom stereocenters. The van der Waals surface area contributed by atoms with E-state index in [0.717, 1.165) is 26.1 Å². The molecule has 0 N–H and O–H groups in total. The summed E-state index contributed by atoms with van der Waals surface area (Å²) in [5.74, 6) is 0.269. The van der Waals surface area contributed by atoms with E-state index in [1.165, 1.54) is 11.1 Å². The number of rotatable bonds is 3. The van der Waals surface area contributed by atoms with Crippen LogP contribution >= 0.6 is 0 Å². The number of amides is 1. The number of benzene rings is 1. The van der Waals surface area contributed by atoms with Gasteiger partial charge in [0.25, 0.3) is 0 Å². The second kappa shape index (κ2) is 6.20. The Morgan fingerprint density at radius 3 is 2.53 bits per heavy atom. The van der Waals surface area contributed by atoms with Crippen LogP contribution in [0.2, 0.25) is 0 Å². The smallest absolute Gasteiger partial charge is 0.223 e. The van der Waals surface area contributed by atoms with E-state index in [1.54, 1.807) is 0 Å². The fraction of sp³-hybridized carbons (Fsp3) is 0.562. The predicted molar refractivity (Wildman–Crippen MR) is 78.2 cm³/mol. The van der Waals surface area contributed by atoms with Crippen molar-refractivity contribution in [2.24, 2.45) is 0 Å². The van der Waals surface area contributed by atoms with Crippen LogP contribution in [0.1, 0.15) is 24.5 Å². The Balaban J connectivity index is 1.94. The molecule has 1 aliphatic heterocycles. The van der Waals surface area contributed by atoms with Crippen molar-refractivity contribution in [3.8, 4) is 0 Å². The van der Waals surface area contributed by atoms with Gasteiger partial charge in [0, 0.05) is 39.1 Å². The van der Waals surface area contributed by atoms with Gasteiger partial charge in [0.05, 0.1) is 0 Å². The molecule has 0 saturated carbocycles. The van der Waals surface area contributed by atoms with E-state index in [0.29, 0.717) is 12.5 Å². The van der Waals surface area contributed by atoms with Crippen LogP contribution in [-0.2, 0) is 11.2 Å². The highest BCUT2D eigenvalue weighted by atomic mass is 16.2. The number of carbonyl (C=O) groups is 1. The molecular weight excluding hydrogens is 236 g/mol. The summed E-state index contributed by atoms with van der Waals surface area (Å²) in [4.78, 5) is 16.0. The highest BCUT2D eigenvalue weighted by molar-refractivity contribution is 5.76. The molecule has 0 radical (unpaired) electrons. The minimum absolute atomic E-state index is 0.269. The van der Waals surface area contributed by atoms with Crippen molar-refractivity contribution in [1.29, 1.82) is 0 Å². The Morgan fingerprint density at radius 2 is 1.84 bits per heavy atom. The third kappa shape index (κ3) is 3.80. The Kier molecular flexibility index (Phi) is 4.59. The lowest BCUT2D eigenvalue weighted by atomic mass is 10.0. The van der Waals surface area contributed by atoms with Crippen LogP contribution in [0.5, 0.6) is 0 Å². The van der Waals surface area contributed by atoms with E-state index >= 15 is 0 Å². The summed E-state index contributed by atoms with van der Waals surface area (Å²) in [6, 6.07) is 9.24. The van der Waals surface area contributed by atoms with Gasteiger partial charge in [-0.25, -0.2) is 0 Å². The molecule has 1 aromatic carbocycles. The molecule has 1 saturated heterocycles. The van der Waals surface area contributed by atoms with Crippen molar-refractivity contribution in [3.05, 3.63) is 35.4 Å². The van der Waals surface area contributed by atoms with Crippen LogP contribution in [0.4, 0.5) is 0 Å². The van der Waals surface area contributed by atoms with Gasteiger partial charge in [-0.2, -0.15) is 0 Å². The predicted octanol–water partition coefficient (Wildman–Crippen LogP) is 2.09. The third-order valence-electron chi connectivity index (χ3n) is 4.04. The molecular formula is C16H24N2O. The van der Waals surface area contributed by atoms with Crippen LogP contribution in [0, 0.1) is 6.92 Å². The lowest BCUT2D eigenvalue weighted by Crippen LogP contribution is -2.37. The van der Waals surface area contributed by atoms with Crippen molar-refractivity contribution < 1.29 is 4.79 Å². The maximum atomic E-state index is 11.7. The Labute approximate surface area is 116 Å². The van der Waals surface area contributed by atoms with Crippen molar-refractivity contribution in [2.75, 3.05) is 26.7 Å². The molecule has 3 heteroatoms. The van der Waals surface area contributed by atoms with Gasteiger partial charge in [-0.3, -0.25) is 9.69 Å². The van der Waals surface area contributed by atoms with Crippen molar-refractivity contribution >= 4 is 5.91 Å². The summed E-state index contributed by atoms with van der Waals surface area (Å²) in [5.41, 5.74) is 2.68. The van der Waals surface area contributed by atoms with E-state index in [9.17, 15) is 4.79 Å². The van der Waals surface area contributed by atoms with Crippen LogP contribution in [0.15, 0.2) is 24.3 Å². The molecule has 19 heavy (non-hydrogen) atoms. The fourth-order valence-electron chi connectivity index (χ4n) is 2.58. The number of nitrogens with zero attached hydrogens (tertiary/aromatic N) is 2. The topological polar surface area (TPSA) is 23.6 Å². The average Bonchev–Trinajstić information content (AvgIpc) is 2.56. The number of hydrogen-bond donors (Lipinski definition) is 0. The standard InChI is InChI=1S/C16H24N2O/c1-13-4-6-15(7-5-13)12-14(2)18-9-8-16(19)17(3)10-11-18/h4-7,14H,8-12H2,1-3H3. The van der Waals surface area contributed by atoms with Gasteiger partial charge in [-0.1, -0.05) is 29.8 Å². The summed E-state index contributed by atoms with van der Waals surface area (Å²) < 4.78 is 0. The first-order valence-electron chi connectivity index (χ1n) is 7.10. The molecule has 104 valence electrons. The minimum atomic E-state index is 0.269. The van der Waals surface area contributed by atoms with E-state index < -0.39 is 0 Å². The molecule has 1 unspecified atom stereocenters. The Hall–Kier alpha value is -1.35. The molecule has 1 aliphatic rings. The third-order valence-corrected chi connectivity index (χ3v) is 4.04. The molecule has 1 aromatic rings. The maximum Gasteiger partial charge on any atom is 0.223 e. The highest BCUT2D eigenvalue weighted by Gasteiger charge is 2.21. The summed E-state index contributed by atoms with van der Waals surface area (Å²) in [5, 5.41) is 0. The first-order chi connectivity index (χ1) is 9.06. The summed E-state index contributed by atoms with van der Waals surface area (Å²) >= 11 is 0. The van der Waals surface area contributed by atoms with E-state index in [1.807, 2.05) is 11.9 Å². The van der Waals surface area contributed by atoms with Crippen LogP contribution in [0.25, 0.3) is 0 Å². The van der Waals surface area contributed by atoms with Gasteiger partial charge in [0.15, 0.2) is 0 Å². The van der Waals surface area contributed by atoms with Crippen LogP contribution < -0.4 is 0 Å². The van der Waals surface area contributed by atoms with Gasteiger partial charge in [0.2, 0.25) is 5.91 Å². The molecule has 3 nitrogen and oxygen atoms in total. The zero-order valence-electron chi connectivity index (χ0n) is 12.2. The van der Waals surface area contributed by atoms with Gasteiger partial charge < -0.3 is 4.90 Å². The number of carbonyl (C=O) groups excluding carboxylic acids is 1. The minimum Gasteiger partial charge on any atom is -0.344 e. The van der Waals surface area contributed by atoms with Crippen LogP contribution in [-0.4, -0.2) is 48.4 Å². The molecule has 2 rings (SSSR count). The number of hydrogen-bond acceptors (Lipinski definition) is 2. The molecule has 1 fully saturated rings. The second-order valence-electron chi connectivity index (χ2n) is 5.64. The van der Waals surface area contributed by atoms with Crippen molar-refractivity contribution in [1.82, 2.24) is 9.80 Å². The zero-order valence-corrected chi connectivity index (χ0v) is 12.2. The molecule has 0 bridgehead atoms.